The van der Waals surface area contributed by atoms with Crippen LogP contribution in [0.25, 0.3) is 10.1 Å². The molecular weight excluding hydrogens is 295 g/mol. The van der Waals surface area contributed by atoms with Gasteiger partial charge in [0.2, 0.25) is 0 Å². The first kappa shape index (κ1) is 8.78. The molecule has 4 heteroatoms. The summed E-state index contributed by atoms with van der Waals surface area (Å²) in [6, 6.07) is 7.81. The molecule has 0 atom stereocenters. The zero-order valence-electron chi connectivity index (χ0n) is 6.54. The van der Waals surface area contributed by atoms with Gasteiger partial charge in [-0.3, -0.25) is 0 Å². The number of nitrogen functional groups attached to an aromatic ring is 1. The van der Waals surface area contributed by atoms with Crippen LogP contribution in [0.1, 0.15) is 5.56 Å². The Morgan fingerprint density at radius 3 is 2.85 bits per heavy atom. The van der Waals surface area contributed by atoms with E-state index in [2.05, 4.69) is 28.7 Å². The summed E-state index contributed by atoms with van der Waals surface area (Å²) in [5.74, 6) is 0. The topological polar surface area (TPSA) is 49.8 Å². The molecule has 2 aromatic rings. The minimum absolute atomic E-state index is 0.651. The highest BCUT2D eigenvalue weighted by Crippen LogP contribution is 2.31. The summed E-state index contributed by atoms with van der Waals surface area (Å²) in [5.41, 5.74) is 6.98. The molecule has 1 aromatic carbocycles. The minimum Gasteiger partial charge on any atom is -0.399 e. The number of hydrogen-bond donors (Lipinski definition) is 1. The SMILES string of the molecule is N#Cc1cc(N)cc2cc(I)sc12. The fourth-order valence-electron chi connectivity index (χ4n) is 1.23. The smallest absolute Gasteiger partial charge is 0.101 e. The number of anilines is 1. The third-order valence-electron chi connectivity index (χ3n) is 1.73. The zero-order chi connectivity index (χ0) is 9.42. The number of hydrogen-bond acceptors (Lipinski definition) is 3. The number of halogens is 1. The molecule has 0 spiro atoms. The number of fused-ring (bicyclic) bond motifs is 1. The molecular formula is C9H5IN2S. The molecule has 64 valence electrons. The minimum atomic E-state index is 0.651. The molecule has 0 saturated heterocycles. The molecule has 0 aliphatic carbocycles. The van der Waals surface area contributed by atoms with E-state index in [9.17, 15) is 0 Å². The molecule has 1 aromatic heterocycles. The molecule has 0 aliphatic rings. The van der Waals surface area contributed by atoms with Gasteiger partial charge in [-0.25, -0.2) is 0 Å². The van der Waals surface area contributed by atoms with Crippen LogP contribution in [0.5, 0.6) is 0 Å². The van der Waals surface area contributed by atoms with Gasteiger partial charge in [-0.05, 0) is 46.2 Å². The second-order valence-corrected chi connectivity index (χ2v) is 5.60. The summed E-state index contributed by atoms with van der Waals surface area (Å²) in [7, 11) is 0. The lowest BCUT2D eigenvalue weighted by atomic mass is 10.1. The third kappa shape index (κ3) is 1.49. The number of rotatable bonds is 0. The fraction of sp³-hybridized carbons (Fsp3) is 0. The quantitative estimate of drug-likeness (QED) is 0.600. The number of nitriles is 1. The summed E-state index contributed by atoms with van der Waals surface area (Å²) in [5, 5.41) is 9.93. The Morgan fingerprint density at radius 1 is 1.38 bits per heavy atom. The van der Waals surface area contributed by atoms with Gasteiger partial charge < -0.3 is 5.73 Å². The number of nitrogens with zero attached hydrogens (tertiary/aromatic N) is 1. The van der Waals surface area contributed by atoms with Crippen molar-refractivity contribution >= 4 is 49.7 Å². The second-order valence-electron chi connectivity index (χ2n) is 2.65. The van der Waals surface area contributed by atoms with E-state index in [-0.39, 0.29) is 0 Å². The predicted octanol–water partition coefficient (Wildman–Crippen LogP) is 2.96. The van der Waals surface area contributed by atoms with Gasteiger partial charge in [0, 0.05) is 5.69 Å². The van der Waals surface area contributed by atoms with Crippen LogP contribution in [0.2, 0.25) is 0 Å². The van der Waals surface area contributed by atoms with Crippen molar-refractivity contribution in [1.82, 2.24) is 0 Å². The first-order valence-corrected chi connectivity index (χ1v) is 5.49. The van der Waals surface area contributed by atoms with Crippen molar-refractivity contribution < 1.29 is 0 Å². The Kier molecular flexibility index (Phi) is 2.14. The van der Waals surface area contributed by atoms with Gasteiger partial charge >= 0.3 is 0 Å². The number of thiophene rings is 1. The maximum Gasteiger partial charge on any atom is 0.101 e. The monoisotopic (exact) mass is 300 g/mol. The Morgan fingerprint density at radius 2 is 2.15 bits per heavy atom. The van der Waals surface area contributed by atoms with Crippen LogP contribution in [0.15, 0.2) is 18.2 Å². The molecule has 0 aliphatic heterocycles. The van der Waals surface area contributed by atoms with Crippen molar-refractivity contribution in [2.75, 3.05) is 5.73 Å². The Bertz CT molecular complexity index is 510. The van der Waals surface area contributed by atoms with Gasteiger partial charge in [-0.1, -0.05) is 0 Å². The molecule has 2 nitrogen and oxygen atoms in total. The first-order valence-electron chi connectivity index (χ1n) is 3.59. The molecule has 0 amide bonds. The average Bonchev–Trinajstić information content (AvgIpc) is 2.43. The molecule has 13 heavy (non-hydrogen) atoms. The Labute approximate surface area is 93.1 Å². The highest BCUT2D eigenvalue weighted by atomic mass is 127. The van der Waals surface area contributed by atoms with Gasteiger partial charge in [0.25, 0.3) is 0 Å². The van der Waals surface area contributed by atoms with Gasteiger partial charge in [0.15, 0.2) is 0 Å². The van der Waals surface area contributed by atoms with Crippen molar-refractivity contribution in [3.63, 3.8) is 0 Å². The van der Waals surface area contributed by atoms with Crippen molar-refractivity contribution in [3.05, 3.63) is 26.6 Å². The third-order valence-corrected chi connectivity index (χ3v) is 3.67. The largest absolute Gasteiger partial charge is 0.399 e. The molecule has 2 rings (SSSR count). The normalized spacial score (nSPS) is 10.2. The van der Waals surface area contributed by atoms with Crippen LogP contribution >= 0.6 is 33.9 Å². The van der Waals surface area contributed by atoms with Crippen molar-refractivity contribution in [2.24, 2.45) is 0 Å². The van der Waals surface area contributed by atoms with Crippen molar-refractivity contribution in [3.8, 4) is 6.07 Å². The molecule has 2 N–H and O–H groups in total. The molecule has 0 radical (unpaired) electrons. The van der Waals surface area contributed by atoms with Crippen molar-refractivity contribution in [2.45, 2.75) is 0 Å². The van der Waals surface area contributed by atoms with E-state index in [4.69, 9.17) is 11.0 Å². The van der Waals surface area contributed by atoms with E-state index in [0.29, 0.717) is 11.3 Å². The summed E-state index contributed by atoms with van der Waals surface area (Å²) < 4.78 is 2.20. The molecule has 0 unspecified atom stereocenters. The van der Waals surface area contributed by atoms with E-state index in [1.54, 1.807) is 17.4 Å². The van der Waals surface area contributed by atoms with Crippen LogP contribution < -0.4 is 5.73 Å². The highest BCUT2D eigenvalue weighted by molar-refractivity contribution is 14.1. The molecule has 0 bridgehead atoms. The van der Waals surface area contributed by atoms with E-state index < -0.39 is 0 Å². The predicted molar refractivity (Wildman–Crippen MR) is 63.7 cm³/mol. The maximum atomic E-state index is 8.87. The van der Waals surface area contributed by atoms with Crippen LogP contribution in [0.4, 0.5) is 5.69 Å². The Balaban J connectivity index is 2.90. The molecule has 0 fully saturated rings. The van der Waals surface area contributed by atoms with Crippen LogP contribution in [-0.2, 0) is 0 Å². The fourth-order valence-corrected chi connectivity index (χ4v) is 3.06. The number of benzene rings is 1. The second kappa shape index (κ2) is 3.16. The average molecular weight is 300 g/mol. The van der Waals surface area contributed by atoms with E-state index >= 15 is 0 Å². The van der Waals surface area contributed by atoms with E-state index in [1.165, 1.54) is 2.88 Å². The van der Waals surface area contributed by atoms with Crippen molar-refractivity contribution in [1.29, 1.82) is 5.26 Å². The first-order chi connectivity index (χ1) is 6.20. The lowest BCUT2D eigenvalue weighted by Crippen LogP contribution is -1.85. The standard InChI is InChI=1S/C9H5IN2S/c10-8-3-5-1-7(12)2-6(4-11)9(5)13-8/h1-3H,12H2. The summed E-state index contributed by atoms with van der Waals surface area (Å²) >= 11 is 3.87. The van der Waals surface area contributed by atoms with Gasteiger partial charge in [-0.2, -0.15) is 5.26 Å². The lowest BCUT2D eigenvalue weighted by Gasteiger charge is -1.95. The van der Waals surface area contributed by atoms with Crippen LogP contribution in [-0.4, -0.2) is 0 Å². The van der Waals surface area contributed by atoms with Gasteiger partial charge in [0.05, 0.1) is 13.1 Å². The maximum absolute atomic E-state index is 8.87. The molecule has 0 saturated carbocycles. The Hall–Kier alpha value is -0.800. The highest BCUT2D eigenvalue weighted by Gasteiger charge is 2.05. The summed E-state index contributed by atoms with van der Waals surface area (Å²) in [4.78, 5) is 0. The van der Waals surface area contributed by atoms with Crippen LogP contribution in [0.3, 0.4) is 0 Å². The summed E-state index contributed by atoms with van der Waals surface area (Å²) in [6.07, 6.45) is 0. The van der Waals surface area contributed by atoms with E-state index in [1.807, 2.05) is 12.1 Å². The van der Waals surface area contributed by atoms with E-state index in [0.717, 1.165) is 10.1 Å². The van der Waals surface area contributed by atoms with Gasteiger partial charge in [0.1, 0.15) is 6.07 Å². The lowest BCUT2D eigenvalue weighted by molar-refractivity contribution is 1.51. The summed E-state index contributed by atoms with van der Waals surface area (Å²) in [6.45, 7) is 0. The zero-order valence-corrected chi connectivity index (χ0v) is 9.52. The van der Waals surface area contributed by atoms with Crippen LogP contribution in [0, 0.1) is 14.2 Å². The molecule has 1 heterocycles. The number of nitrogens with two attached hydrogens (primary N) is 1. The van der Waals surface area contributed by atoms with Gasteiger partial charge in [-0.15, -0.1) is 11.3 Å².